The highest BCUT2D eigenvalue weighted by Gasteiger charge is 2.02. The van der Waals surface area contributed by atoms with Gasteiger partial charge in [0.25, 0.3) is 0 Å². The first kappa shape index (κ1) is 15.3. The Bertz CT molecular complexity index is 355. The molecule has 18 heavy (non-hydrogen) atoms. The number of aryl methyl sites for hydroxylation is 2. The minimum atomic E-state index is -0.602. The maximum absolute atomic E-state index is 9.16. The molecule has 0 fully saturated rings. The van der Waals surface area contributed by atoms with Crippen LogP contribution in [0.1, 0.15) is 17.5 Å². The van der Waals surface area contributed by atoms with Gasteiger partial charge in [-0.25, -0.2) is 0 Å². The van der Waals surface area contributed by atoms with Crippen LogP contribution in [0, 0.1) is 13.8 Å². The molecule has 0 bridgehead atoms. The van der Waals surface area contributed by atoms with Crippen molar-refractivity contribution in [3.05, 3.63) is 29.3 Å². The van der Waals surface area contributed by atoms with Crippen molar-refractivity contribution in [2.24, 2.45) is 0 Å². The predicted molar refractivity (Wildman–Crippen MR) is 76.4 cm³/mol. The summed E-state index contributed by atoms with van der Waals surface area (Å²) >= 11 is 1.64. The predicted octanol–water partition coefficient (Wildman–Crippen LogP) is 2.16. The van der Waals surface area contributed by atoms with Gasteiger partial charge in [0, 0.05) is 5.75 Å². The molecule has 102 valence electrons. The Labute approximate surface area is 113 Å². The number of benzene rings is 1. The third-order valence-corrected chi connectivity index (χ3v) is 3.75. The van der Waals surface area contributed by atoms with Crippen LogP contribution in [-0.2, 0) is 0 Å². The van der Waals surface area contributed by atoms with Crippen LogP contribution in [0.25, 0.3) is 0 Å². The fourth-order valence-corrected chi connectivity index (χ4v) is 2.34. The van der Waals surface area contributed by atoms with Crippen molar-refractivity contribution in [3.63, 3.8) is 0 Å². The van der Waals surface area contributed by atoms with Crippen molar-refractivity contribution in [1.82, 2.24) is 0 Å². The average Bonchev–Trinajstić information content (AvgIpc) is 2.37. The van der Waals surface area contributed by atoms with E-state index in [9.17, 15) is 0 Å². The zero-order valence-corrected chi connectivity index (χ0v) is 11.9. The van der Waals surface area contributed by atoms with Crippen LogP contribution in [0.15, 0.2) is 18.2 Å². The molecule has 0 heterocycles. The van der Waals surface area contributed by atoms with Gasteiger partial charge in [0.15, 0.2) is 0 Å². The fourth-order valence-electron chi connectivity index (χ4n) is 1.48. The normalized spacial score (nSPS) is 12.4. The van der Waals surface area contributed by atoms with Crippen molar-refractivity contribution in [1.29, 1.82) is 0 Å². The monoisotopic (exact) mass is 270 g/mol. The van der Waals surface area contributed by atoms with Crippen LogP contribution >= 0.6 is 11.8 Å². The number of hydrogen-bond donors (Lipinski definition) is 2. The van der Waals surface area contributed by atoms with E-state index in [1.54, 1.807) is 11.8 Å². The van der Waals surface area contributed by atoms with Gasteiger partial charge < -0.3 is 14.9 Å². The number of aliphatic hydroxyl groups is 2. The van der Waals surface area contributed by atoms with E-state index in [0.29, 0.717) is 12.4 Å². The summed E-state index contributed by atoms with van der Waals surface area (Å²) in [5.41, 5.74) is 2.36. The number of ether oxygens (including phenoxy) is 1. The van der Waals surface area contributed by atoms with Crippen molar-refractivity contribution in [2.75, 3.05) is 24.7 Å². The Kier molecular flexibility index (Phi) is 7.16. The molecule has 4 heteroatoms. The lowest BCUT2D eigenvalue weighted by molar-refractivity contribution is 0.113. The van der Waals surface area contributed by atoms with E-state index in [1.807, 2.05) is 6.92 Å². The molecule has 3 nitrogen and oxygen atoms in total. The van der Waals surface area contributed by atoms with Gasteiger partial charge >= 0.3 is 0 Å². The lowest BCUT2D eigenvalue weighted by Crippen LogP contribution is -2.15. The molecule has 0 saturated carbocycles. The third-order valence-electron chi connectivity index (χ3n) is 2.56. The van der Waals surface area contributed by atoms with E-state index in [1.165, 1.54) is 5.56 Å². The molecule has 1 unspecified atom stereocenters. The standard InChI is InChI=1S/C14H22O3S/c1-11-4-5-12(2)14(8-11)17-6-3-7-18-10-13(16)9-15/h4-5,8,13,15-16H,3,6-7,9-10H2,1-2H3. The third kappa shape index (κ3) is 5.76. The zero-order valence-electron chi connectivity index (χ0n) is 11.1. The minimum Gasteiger partial charge on any atom is -0.493 e. The van der Waals surface area contributed by atoms with Gasteiger partial charge in [-0.05, 0) is 43.2 Å². The van der Waals surface area contributed by atoms with E-state index in [0.717, 1.165) is 23.5 Å². The summed E-state index contributed by atoms with van der Waals surface area (Å²) in [6.07, 6.45) is 0.339. The molecule has 1 rings (SSSR count). The molecule has 0 aromatic heterocycles. The molecule has 0 aliphatic heterocycles. The van der Waals surface area contributed by atoms with Crippen LogP contribution in [-0.4, -0.2) is 41.0 Å². The Morgan fingerprint density at radius 2 is 2.11 bits per heavy atom. The second-order valence-electron chi connectivity index (χ2n) is 4.38. The molecular weight excluding hydrogens is 248 g/mol. The van der Waals surface area contributed by atoms with E-state index in [4.69, 9.17) is 14.9 Å². The SMILES string of the molecule is Cc1ccc(C)c(OCCCSCC(O)CO)c1. The Morgan fingerprint density at radius 3 is 2.83 bits per heavy atom. The second-order valence-corrected chi connectivity index (χ2v) is 5.53. The van der Waals surface area contributed by atoms with Gasteiger partial charge in [-0.2, -0.15) is 11.8 Å². The summed E-state index contributed by atoms with van der Waals surface area (Å²) in [7, 11) is 0. The molecular formula is C14H22O3S. The summed E-state index contributed by atoms with van der Waals surface area (Å²) in [5, 5.41) is 17.8. The largest absolute Gasteiger partial charge is 0.493 e. The van der Waals surface area contributed by atoms with Gasteiger partial charge in [0.2, 0.25) is 0 Å². The van der Waals surface area contributed by atoms with E-state index in [-0.39, 0.29) is 6.61 Å². The quantitative estimate of drug-likeness (QED) is 0.711. The smallest absolute Gasteiger partial charge is 0.122 e. The Balaban J connectivity index is 2.16. The van der Waals surface area contributed by atoms with Gasteiger partial charge in [-0.3, -0.25) is 0 Å². The molecule has 1 atom stereocenters. The topological polar surface area (TPSA) is 49.7 Å². The molecule has 0 aliphatic carbocycles. The summed E-state index contributed by atoms with van der Waals surface area (Å²) in [6.45, 7) is 4.62. The molecule has 1 aromatic rings. The summed E-state index contributed by atoms with van der Waals surface area (Å²) < 4.78 is 5.73. The highest BCUT2D eigenvalue weighted by molar-refractivity contribution is 7.99. The minimum absolute atomic E-state index is 0.161. The zero-order chi connectivity index (χ0) is 13.4. The molecule has 0 amide bonds. The van der Waals surface area contributed by atoms with Crippen LogP contribution < -0.4 is 4.74 Å². The molecule has 2 N–H and O–H groups in total. The number of hydrogen-bond acceptors (Lipinski definition) is 4. The number of rotatable bonds is 8. The summed E-state index contributed by atoms with van der Waals surface area (Å²) in [4.78, 5) is 0. The summed E-state index contributed by atoms with van der Waals surface area (Å²) in [5.74, 6) is 2.47. The maximum atomic E-state index is 9.16. The van der Waals surface area contributed by atoms with E-state index >= 15 is 0 Å². The average molecular weight is 270 g/mol. The first-order valence-corrected chi connectivity index (χ1v) is 7.35. The number of thioether (sulfide) groups is 1. The molecule has 0 spiro atoms. The molecule has 0 aliphatic rings. The first-order valence-electron chi connectivity index (χ1n) is 6.20. The van der Waals surface area contributed by atoms with Gasteiger partial charge in [0.1, 0.15) is 5.75 Å². The van der Waals surface area contributed by atoms with Gasteiger partial charge in [0.05, 0.1) is 19.3 Å². The van der Waals surface area contributed by atoms with E-state index < -0.39 is 6.10 Å². The van der Waals surface area contributed by atoms with Crippen molar-refractivity contribution >= 4 is 11.8 Å². The highest BCUT2D eigenvalue weighted by atomic mass is 32.2. The number of aliphatic hydroxyl groups excluding tert-OH is 2. The highest BCUT2D eigenvalue weighted by Crippen LogP contribution is 2.19. The van der Waals surface area contributed by atoms with Crippen LogP contribution in [0.3, 0.4) is 0 Å². The van der Waals surface area contributed by atoms with Gasteiger partial charge in [-0.1, -0.05) is 12.1 Å². The Hall–Kier alpha value is -0.710. The lowest BCUT2D eigenvalue weighted by atomic mass is 10.1. The van der Waals surface area contributed by atoms with Crippen molar-refractivity contribution in [3.8, 4) is 5.75 Å². The molecule has 0 radical (unpaired) electrons. The van der Waals surface area contributed by atoms with Crippen LogP contribution in [0.5, 0.6) is 5.75 Å². The maximum Gasteiger partial charge on any atom is 0.122 e. The van der Waals surface area contributed by atoms with Crippen LogP contribution in [0.2, 0.25) is 0 Å². The fraction of sp³-hybridized carbons (Fsp3) is 0.571. The van der Waals surface area contributed by atoms with Crippen molar-refractivity contribution in [2.45, 2.75) is 26.4 Å². The Morgan fingerprint density at radius 1 is 1.33 bits per heavy atom. The first-order chi connectivity index (χ1) is 8.63. The van der Waals surface area contributed by atoms with Crippen LogP contribution in [0.4, 0.5) is 0 Å². The second kappa shape index (κ2) is 8.40. The molecule has 0 saturated heterocycles. The van der Waals surface area contributed by atoms with E-state index in [2.05, 4.69) is 25.1 Å². The van der Waals surface area contributed by atoms with Gasteiger partial charge in [-0.15, -0.1) is 0 Å². The molecule has 1 aromatic carbocycles. The van der Waals surface area contributed by atoms with Crippen molar-refractivity contribution < 1.29 is 14.9 Å². The lowest BCUT2D eigenvalue weighted by Gasteiger charge is -2.10. The summed E-state index contributed by atoms with van der Waals surface area (Å²) in [6, 6.07) is 6.20.